The number of carbonyl (C=O) groups excluding carboxylic acids is 2. The number of ether oxygens (including phenoxy) is 2. The van der Waals surface area contributed by atoms with E-state index in [-0.39, 0.29) is 23.3 Å². The predicted molar refractivity (Wildman–Crippen MR) is 124 cm³/mol. The van der Waals surface area contributed by atoms with Gasteiger partial charge in [-0.2, -0.15) is 0 Å². The first kappa shape index (κ1) is 22.6. The molecule has 172 valence electrons. The Morgan fingerprint density at radius 2 is 1.68 bits per heavy atom. The summed E-state index contributed by atoms with van der Waals surface area (Å²) in [5.74, 6) is -0.930. The highest BCUT2D eigenvalue weighted by Gasteiger charge is 2.20. The molecule has 0 radical (unpaired) electrons. The van der Waals surface area contributed by atoms with Gasteiger partial charge in [-0.3, -0.25) is 4.79 Å². The first-order valence-corrected chi connectivity index (χ1v) is 10.5. The summed E-state index contributed by atoms with van der Waals surface area (Å²) in [7, 11) is 0. The molecule has 0 aliphatic carbocycles. The molecule has 4 aromatic rings. The number of phenols is 1. The standard InChI is InChI=1S/C26H21NO7/c1-16(27-26(31)32-15-17-8-4-2-5-9-17)25(30)33-19-12-20(28)24-21(29)14-22(34-23(24)13-19)18-10-6-3-7-11-18/h2-14,16,28H,15H2,1H3,(H,27,31)/t16-/m0/s1. The van der Waals surface area contributed by atoms with E-state index in [4.69, 9.17) is 13.9 Å². The summed E-state index contributed by atoms with van der Waals surface area (Å²) in [5.41, 5.74) is 1.09. The van der Waals surface area contributed by atoms with Gasteiger partial charge in [0.1, 0.15) is 40.9 Å². The number of fused-ring (bicyclic) bond motifs is 1. The maximum Gasteiger partial charge on any atom is 0.408 e. The lowest BCUT2D eigenvalue weighted by atomic mass is 10.1. The van der Waals surface area contributed by atoms with Crippen molar-refractivity contribution in [2.24, 2.45) is 0 Å². The summed E-state index contributed by atoms with van der Waals surface area (Å²) in [4.78, 5) is 37.0. The monoisotopic (exact) mass is 459 g/mol. The van der Waals surface area contributed by atoms with E-state index in [1.54, 1.807) is 36.4 Å². The molecule has 0 spiro atoms. The Bertz CT molecular complexity index is 1380. The van der Waals surface area contributed by atoms with Gasteiger partial charge < -0.3 is 24.3 Å². The van der Waals surface area contributed by atoms with E-state index in [1.807, 2.05) is 24.3 Å². The molecule has 0 saturated heterocycles. The minimum Gasteiger partial charge on any atom is -0.507 e. The molecule has 1 aromatic heterocycles. The van der Waals surface area contributed by atoms with Crippen LogP contribution in [-0.2, 0) is 16.1 Å². The lowest BCUT2D eigenvalue weighted by molar-refractivity contribution is -0.136. The maximum absolute atomic E-state index is 12.5. The fraction of sp³-hybridized carbons (Fsp3) is 0.115. The van der Waals surface area contributed by atoms with Crippen LogP contribution in [0.1, 0.15) is 12.5 Å². The Kier molecular flexibility index (Phi) is 6.59. The minimum atomic E-state index is -1.04. The number of benzene rings is 3. The number of esters is 1. The van der Waals surface area contributed by atoms with Gasteiger partial charge in [0.15, 0.2) is 5.43 Å². The number of rotatable bonds is 6. The van der Waals surface area contributed by atoms with Crippen molar-refractivity contribution in [3.05, 3.63) is 94.6 Å². The lowest BCUT2D eigenvalue weighted by Gasteiger charge is -2.14. The highest BCUT2D eigenvalue weighted by atomic mass is 16.6. The molecule has 0 aliphatic heterocycles. The van der Waals surface area contributed by atoms with Gasteiger partial charge in [-0.05, 0) is 12.5 Å². The van der Waals surface area contributed by atoms with Crippen LogP contribution in [-0.4, -0.2) is 23.2 Å². The van der Waals surface area contributed by atoms with Crippen LogP contribution < -0.4 is 15.5 Å². The van der Waals surface area contributed by atoms with Gasteiger partial charge in [-0.1, -0.05) is 60.7 Å². The molecule has 0 bridgehead atoms. The Balaban J connectivity index is 1.47. The van der Waals surface area contributed by atoms with E-state index in [1.165, 1.54) is 19.1 Å². The summed E-state index contributed by atoms with van der Waals surface area (Å²) < 4.78 is 16.2. The maximum atomic E-state index is 12.5. The minimum absolute atomic E-state index is 0.0323. The van der Waals surface area contributed by atoms with E-state index in [2.05, 4.69) is 5.32 Å². The van der Waals surface area contributed by atoms with Crippen LogP contribution in [0.2, 0.25) is 0 Å². The topological polar surface area (TPSA) is 115 Å². The van der Waals surface area contributed by atoms with Crippen molar-refractivity contribution in [2.75, 3.05) is 0 Å². The SMILES string of the molecule is C[C@H](NC(=O)OCc1ccccc1)C(=O)Oc1cc(O)c2c(=O)cc(-c3ccccc3)oc2c1. The molecule has 34 heavy (non-hydrogen) atoms. The average molecular weight is 459 g/mol. The van der Waals surface area contributed by atoms with Crippen molar-refractivity contribution in [1.82, 2.24) is 5.32 Å². The molecule has 0 aliphatic rings. The van der Waals surface area contributed by atoms with Crippen LogP contribution in [0.3, 0.4) is 0 Å². The van der Waals surface area contributed by atoms with Crippen LogP contribution in [0, 0.1) is 0 Å². The summed E-state index contributed by atoms with van der Waals surface area (Å²) in [6, 6.07) is 20.8. The molecule has 1 atom stereocenters. The highest BCUT2D eigenvalue weighted by Crippen LogP contribution is 2.31. The Morgan fingerprint density at radius 1 is 1.00 bits per heavy atom. The summed E-state index contributed by atoms with van der Waals surface area (Å²) >= 11 is 0. The molecule has 4 rings (SSSR count). The Morgan fingerprint density at radius 3 is 2.38 bits per heavy atom. The van der Waals surface area contributed by atoms with Gasteiger partial charge in [0.05, 0.1) is 0 Å². The number of phenolic OH excluding ortho intramolecular Hbond substituents is 1. The molecule has 1 heterocycles. The zero-order valence-corrected chi connectivity index (χ0v) is 18.2. The lowest BCUT2D eigenvalue weighted by Crippen LogP contribution is -2.41. The fourth-order valence-electron chi connectivity index (χ4n) is 3.25. The molecule has 0 saturated carbocycles. The molecule has 1 amide bonds. The van der Waals surface area contributed by atoms with E-state index in [0.29, 0.717) is 11.3 Å². The summed E-state index contributed by atoms with van der Waals surface area (Å²) in [5, 5.41) is 12.7. The zero-order valence-electron chi connectivity index (χ0n) is 18.2. The highest BCUT2D eigenvalue weighted by molar-refractivity contribution is 5.88. The third-order valence-electron chi connectivity index (χ3n) is 4.96. The number of amides is 1. The number of hydrogen-bond donors (Lipinski definition) is 2. The van der Waals surface area contributed by atoms with Gasteiger partial charge in [-0.15, -0.1) is 0 Å². The van der Waals surface area contributed by atoms with Crippen LogP contribution in [0.25, 0.3) is 22.3 Å². The zero-order chi connectivity index (χ0) is 24.1. The molecule has 8 heteroatoms. The van der Waals surface area contributed by atoms with E-state index >= 15 is 0 Å². The molecule has 0 unspecified atom stereocenters. The van der Waals surface area contributed by atoms with Crippen LogP contribution in [0.5, 0.6) is 11.5 Å². The summed E-state index contributed by atoms with van der Waals surface area (Å²) in [6.07, 6.45) is -0.784. The smallest absolute Gasteiger partial charge is 0.408 e. The second-order valence-corrected chi connectivity index (χ2v) is 7.51. The van der Waals surface area contributed by atoms with Crippen molar-refractivity contribution in [2.45, 2.75) is 19.6 Å². The Hall–Kier alpha value is -4.59. The van der Waals surface area contributed by atoms with Crippen molar-refractivity contribution in [3.8, 4) is 22.8 Å². The number of nitrogens with one attached hydrogen (secondary N) is 1. The van der Waals surface area contributed by atoms with Crippen LogP contribution in [0.4, 0.5) is 4.79 Å². The van der Waals surface area contributed by atoms with E-state index < -0.39 is 29.3 Å². The fourth-order valence-corrected chi connectivity index (χ4v) is 3.25. The van der Waals surface area contributed by atoms with Crippen molar-refractivity contribution in [3.63, 3.8) is 0 Å². The van der Waals surface area contributed by atoms with Crippen molar-refractivity contribution < 1.29 is 28.6 Å². The van der Waals surface area contributed by atoms with E-state index in [0.717, 1.165) is 11.6 Å². The van der Waals surface area contributed by atoms with E-state index in [9.17, 15) is 19.5 Å². The first-order chi connectivity index (χ1) is 16.4. The quantitative estimate of drug-likeness (QED) is 0.325. The average Bonchev–Trinajstić information content (AvgIpc) is 2.83. The normalized spacial score (nSPS) is 11.6. The number of hydrogen-bond acceptors (Lipinski definition) is 7. The third-order valence-corrected chi connectivity index (χ3v) is 4.96. The van der Waals surface area contributed by atoms with Crippen LogP contribution >= 0.6 is 0 Å². The Labute approximate surface area is 194 Å². The first-order valence-electron chi connectivity index (χ1n) is 10.5. The largest absolute Gasteiger partial charge is 0.507 e. The third kappa shape index (κ3) is 5.24. The molecule has 2 N–H and O–H groups in total. The predicted octanol–water partition coefficient (Wildman–Crippen LogP) is 4.39. The van der Waals surface area contributed by atoms with Gasteiger partial charge in [0.25, 0.3) is 0 Å². The van der Waals surface area contributed by atoms with Gasteiger partial charge in [0, 0.05) is 23.8 Å². The molecule has 3 aromatic carbocycles. The molecular weight excluding hydrogens is 438 g/mol. The second kappa shape index (κ2) is 9.91. The van der Waals surface area contributed by atoms with Crippen LogP contribution in [0.15, 0.2) is 88.1 Å². The van der Waals surface area contributed by atoms with Crippen molar-refractivity contribution >= 4 is 23.0 Å². The number of carbonyl (C=O) groups is 2. The van der Waals surface area contributed by atoms with Crippen molar-refractivity contribution in [1.29, 1.82) is 0 Å². The second-order valence-electron chi connectivity index (χ2n) is 7.51. The van der Waals surface area contributed by atoms with Gasteiger partial charge >= 0.3 is 12.1 Å². The van der Waals surface area contributed by atoms with Gasteiger partial charge in [0.2, 0.25) is 0 Å². The summed E-state index contributed by atoms with van der Waals surface area (Å²) in [6.45, 7) is 1.48. The molecular formula is C26H21NO7. The molecule has 8 nitrogen and oxygen atoms in total. The van der Waals surface area contributed by atoms with Gasteiger partial charge in [-0.25, -0.2) is 9.59 Å². The molecule has 0 fully saturated rings. The number of alkyl carbamates (subject to hydrolysis) is 1. The number of aromatic hydroxyl groups is 1.